The third-order valence-corrected chi connectivity index (χ3v) is 2.77. The number of pyridine rings is 1. The number of amides is 1. The number of alkyl carbamates (subject to hydrolysis) is 1. The molecule has 1 heterocycles. The molecule has 1 unspecified atom stereocenters. The van der Waals surface area contributed by atoms with Crippen LogP contribution >= 0.6 is 0 Å². The van der Waals surface area contributed by atoms with E-state index in [4.69, 9.17) is 4.74 Å². The van der Waals surface area contributed by atoms with Gasteiger partial charge < -0.3 is 14.6 Å². The molecule has 0 fully saturated rings. The SMILES string of the molecule is CC.CC(Cc1ccccc1)NC(=O)O[CH-][n+]1ccccc1.[Y]. The fourth-order valence-corrected chi connectivity index (χ4v) is 1.84. The van der Waals surface area contributed by atoms with Gasteiger partial charge in [-0.1, -0.05) is 62.4 Å². The van der Waals surface area contributed by atoms with E-state index in [1.54, 1.807) is 17.0 Å². The second-order valence-corrected chi connectivity index (χ2v) is 4.57. The summed E-state index contributed by atoms with van der Waals surface area (Å²) in [5.41, 5.74) is 1.18. The van der Waals surface area contributed by atoms with Gasteiger partial charge in [-0.25, -0.2) is 4.79 Å². The van der Waals surface area contributed by atoms with Crippen molar-refractivity contribution in [1.29, 1.82) is 0 Å². The Morgan fingerprint density at radius 1 is 1.13 bits per heavy atom. The molecule has 0 aliphatic heterocycles. The molecule has 1 atom stereocenters. The van der Waals surface area contributed by atoms with Crippen LogP contribution in [0.1, 0.15) is 26.3 Å². The van der Waals surface area contributed by atoms with Gasteiger partial charge >= 0.3 is 6.09 Å². The number of ether oxygens (including phenoxy) is 1. The first-order chi connectivity index (χ1) is 10.7. The van der Waals surface area contributed by atoms with E-state index in [-0.39, 0.29) is 38.8 Å². The molecule has 121 valence electrons. The van der Waals surface area contributed by atoms with Crippen LogP contribution in [0.2, 0.25) is 0 Å². The quantitative estimate of drug-likeness (QED) is 0.630. The molecule has 1 aromatic heterocycles. The first-order valence-corrected chi connectivity index (χ1v) is 7.54. The molecule has 0 aliphatic rings. The third kappa shape index (κ3) is 9.37. The van der Waals surface area contributed by atoms with Crippen LogP contribution in [0, 0.1) is 6.73 Å². The van der Waals surface area contributed by atoms with Crippen molar-refractivity contribution < 1.29 is 46.8 Å². The van der Waals surface area contributed by atoms with Crippen LogP contribution in [0.15, 0.2) is 60.9 Å². The largest absolute Gasteiger partial charge is 0.423 e. The Labute approximate surface area is 164 Å². The van der Waals surface area contributed by atoms with Gasteiger partial charge in [0, 0.05) is 38.8 Å². The minimum atomic E-state index is -0.454. The smallest absolute Gasteiger partial charge is 0.404 e. The Hall–Kier alpha value is -1.39. The molecule has 1 N–H and O–H groups in total. The predicted octanol–water partition coefficient (Wildman–Crippen LogP) is 3.32. The minimum Gasteiger partial charge on any atom is -0.423 e. The van der Waals surface area contributed by atoms with Crippen LogP contribution in [0.25, 0.3) is 0 Å². The molecule has 0 aliphatic carbocycles. The molecule has 1 aromatic carbocycles. The van der Waals surface area contributed by atoms with E-state index >= 15 is 0 Å². The molecule has 0 saturated carbocycles. The van der Waals surface area contributed by atoms with Gasteiger partial charge in [-0.05, 0) is 18.9 Å². The number of carbonyl (C=O) groups excluding carboxylic acids is 1. The molecular weight excluding hydrogens is 365 g/mol. The Morgan fingerprint density at radius 2 is 1.70 bits per heavy atom. The predicted molar refractivity (Wildman–Crippen MR) is 86.9 cm³/mol. The maximum atomic E-state index is 11.6. The molecule has 0 saturated heterocycles. The van der Waals surface area contributed by atoms with E-state index in [1.807, 2.05) is 69.3 Å². The van der Waals surface area contributed by atoms with Crippen molar-refractivity contribution in [3.8, 4) is 0 Å². The zero-order chi connectivity index (χ0) is 16.2. The number of hydrogen-bond acceptors (Lipinski definition) is 2. The van der Waals surface area contributed by atoms with Crippen molar-refractivity contribution >= 4 is 6.09 Å². The summed E-state index contributed by atoms with van der Waals surface area (Å²) >= 11 is 0. The molecule has 23 heavy (non-hydrogen) atoms. The van der Waals surface area contributed by atoms with E-state index in [0.29, 0.717) is 0 Å². The van der Waals surface area contributed by atoms with Gasteiger partial charge in [-0.15, -0.1) is 0 Å². The van der Waals surface area contributed by atoms with Crippen molar-refractivity contribution in [3.05, 3.63) is 73.2 Å². The monoisotopic (exact) mass is 389 g/mol. The molecule has 1 radical (unpaired) electrons. The molecule has 2 rings (SSSR count). The second-order valence-electron chi connectivity index (χ2n) is 4.57. The molecule has 1 amide bonds. The number of nitrogens with zero attached hydrogens (tertiary/aromatic N) is 1. The zero-order valence-electron chi connectivity index (χ0n) is 14.0. The molecule has 0 bridgehead atoms. The number of nitrogens with one attached hydrogen (secondary N) is 1. The first-order valence-electron chi connectivity index (χ1n) is 7.54. The van der Waals surface area contributed by atoms with Crippen LogP contribution in [-0.2, 0) is 43.9 Å². The number of aromatic nitrogens is 1. The second kappa shape index (κ2) is 13.1. The zero-order valence-corrected chi connectivity index (χ0v) is 16.8. The van der Waals surface area contributed by atoms with Crippen LogP contribution in [0.4, 0.5) is 4.79 Å². The number of benzene rings is 1. The molecule has 5 heteroatoms. The summed E-state index contributed by atoms with van der Waals surface area (Å²) < 4.78 is 6.69. The average molecular weight is 389 g/mol. The fourth-order valence-electron chi connectivity index (χ4n) is 1.84. The Morgan fingerprint density at radius 3 is 2.30 bits per heavy atom. The van der Waals surface area contributed by atoms with Crippen molar-refractivity contribution in [2.75, 3.05) is 0 Å². The van der Waals surface area contributed by atoms with Crippen LogP contribution in [-0.4, -0.2) is 12.1 Å². The molecule has 4 nitrogen and oxygen atoms in total. The van der Waals surface area contributed by atoms with Crippen LogP contribution in [0.5, 0.6) is 0 Å². The average Bonchev–Trinajstić information content (AvgIpc) is 2.56. The van der Waals surface area contributed by atoms with Gasteiger partial charge in [0.15, 0.2) is 0 Å². The van der Waals surface area contributed by atoms with Gasteiger partial charge in [0.2, 0.25) is 6.73 Å². The van der Waals surface area contributed by atoms with Gasteiger partial charge in [-0.3, -0.25) is 0 Å². The Balaban J connectivity index is 0.00000155. The minimum absolute atomic E-state index is 0. The number of rotatable bonds is 5. The van der Waals surface area contributed by atoms with Crippen molar-refractivity contribution in [1.82, 2.24) is 5.32 Å². The van der Waals surface area contributed by atoms with Crippen molar-refractivity contribution in [3.63, 3.8) is 0 Å². The summed E-state index contributed by atoms with van der Waals surface area (Å²) in [5, 5.41) is 2.79. The van der Waals surface area contributed by atoms with Crippen molar-refractivity contribution in [2.24, 2.45) is 0 Å². The Kier molecular flexibility index (Phi) is 12.3. The summed E-state index contributed by atoms with van der Waals surface area (Å²) in [6.45, 7) is 7.31. The summed E-state index contributed by atoms with van der Waals surface area (Å²) in [6, 6.07) is 15.6. The van der Waals surface area contributed by atoms with E-state index < -0.39 is 6.09 Å². The van der Waals surface area contributed by atoms with Crippen LogP contribution < -0.4 is 9.88 Å². The molecule has 2 aromatic rings. The number of carbonyl (C=O) groups is 1. The molecular formula is C18H24N2O2Y. The maximum Gasteiger partial charge on any atom is 0.404 e. The summed E-state index contributed by atoms with van der Waals surface area (Å²) in [7, 11) is 0. The van der Waals surface area contributed by atoms with Gasteiger partial charge in [0.25, 0.3) is 0 Å². The third-order valence-electron chi connectivity index (χ3n) is 2.77. The number of hydrogen-bond donors (Lipinski definition) is 1. The van der Waals surface area contributed by atoms with Gasteiger partial charge in [0.05, 0.1) is 12.4 Å². The van der Waals surface area contributed by atoms with E-state index in [2.05, 4.69) is 5.32 Å². The summed E-state index contributed by atoms with van der Waals surface area (Å²) in [6.07, 6.45) is 3.90. The first kappa shape index (κ1) is 21.6. The maximum absolute atomic E-state index is 11.6. The topological polar surface area (TPSA) is 42.2 Å². The standard InChI is InChI=1S/C16H18N2O2.C2H6.Y/c1-14(12-15-8-4-2-5-9-15)17-16(19)20-13-18-10-6-3-7-11-18;1-2;/h2-11,13-14H,12H2,1H3,(H,17,19);1-2H3;. The van der Waals surface area contributed by atoms with Crippen LogP contribution in [0.3, 0.4) is 0 Å². The van der Waals surface area contributed by atoms with Crippen molar-refractivity contribution in [2.45, 2.75) is 33.2 Å². The summed E-state index contributed by atoms with van der Waals surface area (Å²) in [4.78, 5) is 11.6. The normalized spacial score (nSPS) is 10.2. The van der Waals surface area contributed by atoms with E-state index in [9.17, 15) is 4.79 Å². The van der Waals surface area contributed by atoms with Gasteiger partial charge in [-0.2, -0.15) is 0 Å². The van der Waals surface area contributed by atoms with Gasteiger partial charge in [0.1, 0.15) is 0 Å². The van der Waals surface area contributed by atoms with E-state index in [0.717, 1.165) is 6.42 Å². The summed E-state index contributed by atoms with van der Waals surface area (Å²) in [5.74, 6) is 0. The fraction of sp³-hybridized carbons (Fsp3) is 0.278. The van der Waals surface area contributed by atoms with E-state index in [1.165, 1.54) is 12.3 Å². The Bertz CT molecular complexity index is 535. The molecule has 0 spiro atoms.